The summed E-state index contributed by atoms with van der Waals surface area (Å²) in [6, 6.07) is 49.7. The summed E-state index contributed by atoms with van der Waals surface area (Å²) in [5.41, 5.74) is 5.54. The predicted molar refractivity (Wildman–Crippen MR) is 214 cm³/mol. The van der Waals surface area contributed by atoms with E-state index in [4.69, 9.17) is 14.4 Å². The van der Waals surface area contributed by atoms with Crippen LogP contribution in [0, 0.1) is 0 Å². The number of hydrogen-bond donors (Lipinski definition) is 0. The van der Waals surface area contributed by atoms with Gasteiger partial charge in [0.25, 0.3) is 0 Å². The van der Waals surface area contributed by atoms with Crippen LogP contribution in [-0.4, -0.2) is 14.5 Å². The van der Waals surface area contributed by atoms with Gasteiger partial charge in [-0.25, -0.2) is 9.97 Å². The highest BCUT2D eigenvalue weighted by Crippen LogP contribution is 2.52. The average molecular weight is 706 g/mol. The quantitative estimate of drug-likeness (QED) is 0.179. The van der Waals surface area contributed by atoms with Crippen LogP contribution < -0.4 is 0 Å². The van der Waals surface area contributed by atoms with Gasteiger partial charge < -0.3 is 4.42 Å². The van der Waals surface area contributed by atoms with E-state index in [1.807, 2.05) is 35.2 Å². The van der Waals surface area contributed by atoms with Crippen LogP contribution >= 0.6 is 34.9 Å². The van der Waals surface area contributed by atoms with Gasteiger partial charge in [-0.15, -0.1) is 11.3 Å². The molecule has 0 unspecified atom stereocenters. The second kappa shape index (κ2) is 10.5. The van der Waals surface area contributed by atoms with Crippen LogP contribution in [0.1, 0.15) is 0 Å². The summed E-state index contributed by atoms with van der Waals surface area (Å²) in [6.45, 7) is 0. The number of hydrogen-bond acceptors (Lipinski definition) is 6. The Hall–Kier alpha value is -5.60. The zero-order valence-electron chi connectivity index (χ0n) is 26.8. The molecule has 0 aliphatic carbocycles. The first-order chi connectivity index (χ1) is 25.3. The van der Waals surface area contributed by atoms with Gasteiger partial charge in [0, 0.05) is 66.9 Å². The van der Waals surface area contributed by atoms with Gasteiger partial charge in [-0.1, -0.05) is 115 Å². The lowest BCUT2D eigenvalue weighted by Gasteiger charge is -2.20. The van der Waals surface area contributed by atoms with Crippen LogP contribution in [-0.2, 0) is 0 Å². The van der Waals surface area contributed by atoms with Crippen LogP contribution in [0.2, 0.25) is 0 Å². The third-order valence-corrected chi connectivity index (χ3v) is 13.9. The maximum Gasteiger partial charge on any atom is 0.197 e. The molecule has 5 heterocycles. The van der Waals surface area contributed by atoms with Gasteiger partial charge in [-0.05, 0) is 53.9 Å². The topological polar surface area (TPSA) is 43.9 Å². The van der Waals surface area contributed by atoms with Crippen molar-refractivity contribution >= 4 is 110 Å². The molecule has 7 heteroatoms. The number of thiophene rings is 1. The Morgan fingerprint density at radius 3 is 2.10 bits per heavy atom. The Morgan fingerprint density at radius 2 is 1.22 bits per heavy atom. The Balaban J connectivity index is 1.27. The second-order valence-electron chi connectivity index (χ2n) is 12.9. The summed E-state index contributed by atoms with van der Waals surface area (Å²) >= 11 is 5.47. The highest BCUT2D eigenvalue weighted by molar-refractivity contribution is 8.05. The SMILES string of the molecule is c1ccc2c(c1)Sc1cccc(-c3nc(-n4c5ccccc5c5c6ccccc6c6sc7ccccc7c6c54)c4oc5ccccc5c4n3)c1S2. The summed E-state index contributed by atoms with van der Waals surface area (Å²) in [6.07, 6.45) is 0. The highest BCUT2D eigenvalue weighted by Gasteiger charge is 2.27. The molecule has 0 radical (unpaired) electrons. The second-order valence-corrected chi connectivity index (χ2v) is 16.0. The fourth-order valence-electron chi connectivity index (χ4n) is 7.91. The average Bonchev–Trinajstić information content (AvgIpc) is 3.87. The Bertz CT molecular complexity index is 3280. The molecule has 1 aliphatic heterocycles. The molecule has 51 heavy (non-hydrogen) atoms. The molecule has 0 fully saturated rings. The van der Waals surface area contributed by atoms with E-state index in [1.165, 1.54) is 61.3 Å². The predicted octanol–water partition coefficient (Wildman–Crippen LogP) is 13.3. The van der Waals surface area contributed by atoms with Crippen LogP contribution in [0.15, 0.2) is 164 Å². The van der Waals surface area contributed by atoms with Gasteiger partial charge in [0.05, 0.1) is 11.0 Å². The van der Waals surface area contributed by atoms with Gasteiger partial charge in [0.15, 0.2) is 17.2 Å². The molecule has 11 aromatic rings. The van der Waals surface area contributed by atoms with Crippen molar-refractivity contribution in [2.24, 2.45) is 0 Å². The standard InChI is InChI=1S/C44H23N3OS3/c1-2-13-25-24(12-1)36-26-14-3-6-18-30(26)47(39(36)37-28-16-5-8-20-32(28)50-42(25)37)44-40-38(27-15-4-7-19-31(27)48-40)45-43(46-44)29-17-11-23-35-41(29)51-34-22-10-9-21-33(34)49-35/h1-23H. The summed E-state index contributed by atoms with van der Waals surface area (Å²) < 4.78 is 11.7. The minimum absolute atomic E-state index is 0.681. The van der Waals surface area contributed by atoms with E-state index in [1.54, 1.807) is 11.8 Å². The van der Waals surface area contributed by atoms with Crippen molar-refractivity contribution in [3.05, 3.63) is 140 Å². The zero-order chi connectivity index (χ0) is 33.2. The van der Waals surface area contributed by atoms with Gasteiger partial charge in [-0.3, -0.25) is 4.57 Å². The van der Waals surface area contributed by atoms with E-state index < -0.39 is 0 Å². The molecule has 0 spiro atoms. The van der Waals surface area contributed by atoms with E-state index in [0.29, 0.717) is 11.4 Å². The largest absolute Gasteiger partial charge is 0.450 e. The van der Waals surface area contributed by atoms with Crippen molar-refractivity contribution in [2.75, 3.05) is 0 Å². The molecule has 238 valence electrons. The summed E-state index contributed by atoms with van der Waals surface area (Å²) in [4.78, 5) is 15.8. The van der Waals surface area contributed by atoms with Crippen molar-refractivity contribution in [1.82, 2.24) is 14.5 Å². The fourth-order valence-corrected chi connectivity index (χ4v) is 11.5. The van der Waals surface area contributed by atoms with Crippen molar-refractivity contribution < 1.29 is 4.42 Å². The molecule has 0 saturated heterocycles. The molecule has 0 saturated carbocycles. The Morgan fingerprint density at radius 1 is 0.529 bits per heavy atom. The normalized spacial score (nSPS) is 12.9. The molecule has 0 atom stereocenters. The summed E-state index contributed by atoms with van der Waals surface area (Å²) in [5, 5.41) is 8.38. The van der Waals surface area contributed by atoms with Gasteiger partial charge in [0.1, 0.15) is 11.1 Å². The number of rotatable bonds is 2. The molecule has 7 aromatic carbocycles. The third-order valence-electron chi connectivity index (χ3n) is 10.1. The first kappa shape index (κ1) is 28.1. The maximum atomic E-state index is 6.77. The van der Waals surface area contributed by atoms with E-state index in [-0.39, 0.29) is 0 Å². The molecule has 0 bridgehead atoms. The van der Waals surface area contributed by atoms with Gasteiger partial charge in [0.2, 0.25) is 0 Å². The lowest BCUT2D eigenvalue weighted by atomic mass is 10.00. The van der Waals surface area contributed by atoms with Crippen molar-refractivity contribution in [1.29, 1.82) is 0 Å². The number of furan rings is 1. The Labute approximate surface area is 303 Å². The molecule has 4 nitrogen and oxygen atoms in total. The van der Waals surface area contributed by atoms with Gasteiger partial charge in [-0.2, -0.15) is 0 Å². The number of fused-ring (bicyclic) bond motifs is 15. The van der Waals surface area contributed by atoms with Crippen LogP contribution in [0.5, 0.6) is 0 Å². The van der Waals surface area contributed by atoms with Crippen LogP contribution in [0.4, 0.5) is 0 Å². The lowest BCUT2D eigenvalue weighted by molar-refractivity contribution is 0.662. The fraction of sp³-hybridized carbons (Fsp3) is 0. The number of benzene rings is 7. The molecule has 1 aliphatic rings. The highest BCUT2D eigenvalue weighted by atomic mass is 32.2. The van der Waals surface area contributed by atoms with E-state index in [9.17, 15) is 0 Å². The van der Waals surface area contributed by atoms with Crippen molar-refractivity contribution in [3.63, 3.8) is 0 Å². The minimum atomic E-state index is 0.681. The molecular weight excluding hydrogens is 683 g/mol. The third kappa shape index (κ3) is 3.88. The first-order valence-electron chi connectivity index (χ1n) is 16.8. The van der Waals surface area contributed by atoms with Crippen molar-refractivity contribution in [2.45, 2.75) is 19.6 Å². The van der Waals surface area contributed by atoms with Crippen LogP contribution in [0.3, 0.4) is 0 Å². The van der Waals surface area contributed by atoms with Crippen molar-refractivity contribution in [3.8, 4) is 17.2 Å². The molecule has 0 amide bonds. The zero-order valence-corrected chi connectivity index (χ0v) is 29.2. The number of para-hydroxylation sites is 2. The minimum Gasteiger partial charge on any atom is -0.450 e. The summed E-state index contributed by atoms with van der Waals surface area (Å²) in [5.74, 6) is 1.43. The maximum absolute atomic E-state index is 6.77. The lowest BCUT2D eigenvalue weighted by Crippen LogP contribution is -2.03. The van der Waals surface area contributed by atoms with E-state index in [2.05, 4.69) is 132 Å². The van der Waals surface area contributed by atoms with E-state index >= 15 is 0 Å². The summed E-state index contributed by atoms with van der Waals surface area (Å²) in [7, 11) is 0. The Kier molecular flexibility index (Phi) is 5.77. The number of aromatic nitrogens is 3. The molecule has 0 N–H and O–H groups in total. The monoisotopic (exact) mass is 705 g/mol. The number of nitrogens with zero attached hydrogens (tertiary/aromatic N) is 3. The first-order valence-corrected chi connectivity index (χ1v) is 19.3. The molecule has 4 aromatic heterocycles. The molecule has 12 rings (SSSR count). The molecular formula is C44H23N3OS3. The smallest absolute Gasteiger partial charge is 0.197 e. The van der Waals surface area contributed by atoms with Crippen LogP contribution in [0.25, 0.3) is 92.0 Å². The van der Waals surface area contributed by atoms with E-state index in [0.717, 1.165) is 38.9 Å². The van der Waals surface area contributed by atoms with Gasteiger partial charge >= 0.3 is 0 Å².